The molecule has 7 nitrogen and oxygen atoms in total. The van der Waals surface area contributed by atoms with Crippen molar-refractivity contribution in [2.75, 3.05) is 14.2 Å². The summed E-state index contributed by atoms with van der Waals surface area (Å²) in [5.74, 6) is -0.973. The molecule has 0 aliphatic carbocycles. The molecule has 1 heterocycles. The van der Waals surface area contributed by atoms with Gasteiger partial charge in [-0.3, -0.25) is 9.59 Å². The molecular weight excluding hydrogens is 334 g/mol. The predicted octanol–water partition coefficient (Wildman–Crippen LogP) is 1.96. The van der Waals surface area contributed by atoms with Crippen molar-refractivity contribution in [2.24, 2.45) is 0 Å². The lowest BCUT2D eigenvalue weighted by Crippen LogP contribution is -2.24. The van der Waals surface area contributed by atoms with Crippen LogP contribution in [-0.2, 0) is 17.7 Å². The van der Waals surface area contributed by atoms with E-state index in [9.17, 15) is 14.4 Å². The number of methoxy groups -OCH3 is 1. The Hall–Kier alpha value is -3.09. The van der Waals surface area contributed by atoms with Crippen LogP contribution in [0.1, 0.15) is 54.9 Å². The molecule has 1 aromatic carbocycles. The van der Waals surface area contributed by atoms with Gasteiger partial charge in [-0.05, 0) is 36.6 Å². The third-order valence-electron chi connectivity index (χ3n) is 4.17. The first-order chi connectivity index (χ1) is 12.4. The molecular formula is C19H23N3O4. The minimum absolute atomic E-state index is 0.186. The highest BCUT2D eigenvalue weighted by Gasteiger charge is 2.23. The Morgan fingerprint density at radius 1 is 1.19 bits per heavy atom. The number of aryl methyl sites for hydroxylation is 1. The molecule has 0 unspecified atom stereocenters. The van der Waals surface area contributed by atoms with Gasteiger partial charge in [0.05, 0.1) is 12.7 Å². The molecule has 3 N–H and O–H groups in total. The summed E-state index contributed by atoms with van der Waals surface area (Å²) in [7, 11) is 2.88. The van der Waals surface area contributed by atoms with Crippen LogP contribution in [0.4, 0.5) is 0 Å². The zero-order valence-corrected chi connectivity index (χ0v) is 15.4. The second-order valence-electron chi connectivity index (χ2n) is 5.79. The Labute approximate surface area is 152 Å². The first kappa shape index (κ1) is 19.2. The number of H-pyrrole nitrogens is 1. The Balaban J connectivity index is 2.17. The van der Waals surface area contributed by atoms with Gasteiger partial charge >= 0.3 is 5.97 Å². The van der Waals surface area contributed by atoms with Gasteiger partial charge in [0.2, 0.25) is 0 Å². The molecule has 0 saturated heterocycles. The molecule has 1 aromatic heterocycles. The van der Waals surface area contributed by atoms with Crippen LogP contribution >= 0.6 is 0 Å². The van der Waals surface area contributed by atoms with E-state index in [4.69, 9.17) is 4.74 Å². The van der Waals surface area contributed by atoms with Crippen LogP contribution in [0.3, 0.4) is 0 Å². The van der Waals surface area contributed by atoms with Gasteiger partial charge in [-0.1, -0.05) is 19.1 Å². The second-order valence-corrected chi connectivity index (χ2v) is 5.79. The van der Waals surface area contributed by atoms with Crippen LogP contribution in [0.15, 0.2) is 24.3 Å². The van der Waals surface area contributed by atoms with Crippen LogP contribution in [0.25, 0.3) is 0 Å². The van der Waals surface area contributed by atoms with E-state index in [1.165, 1.54) is 7.11 Å². The highest BCUT2D eigenvalue weighted by atomic mass is 16.5. The van der Waals surface area contributed by atoms with Crippen LogP contribution in [0, 0.1) is 6.92 Å². The van der Waals surface area contributed by atoms with E-state index >= 15 is 0 Å². The van der Waals surface area contributed by atoms with Crippen LogP contribution in [-0.4, -0.2) is 36.9 Å². The van der Waals surface area contributed by atoms with E-state index in [1.807, 2.05) is 13.0 Å². The molecule has 0 radical (unpaired) electrons. The van der Waals surface area contributed by atoms with Crippen molar-refractivity contribution in [2.45, 2.75) is 26.8 Å². The summed E-state index contributed by atoms with van der Waals surface area (Å²) < 4.78 is 4.80. The molecule has 0 saturated carbocycles. The number of hydrogen-bond donors (Lipinski definition) is 3. The molecule has 2 amide bonds. The van der Waals surface area contributed by atoms with E-state index in [-0.39, 0.29) is 18.4 Å². The molecule has 138 valence electrons. The van der Waals surface area contributed by atoms with Gasteiger partial charge in [-0.25, -0.2) is 4.79 Å². The largest absolute Gasteiger partial charge is 0.465 e. The topological polar surface area (TPSA) is 100 Å². The number of ether oxygens (including phenoxy) is 1. The van der Waals surface area contributed by atoms with Gasteiger partial charge in [0.1, 0.15) is 5.69 Å². The number of carbonyl (C=O) groups excluding carboxylic acids is 3. The Morgan fingerprint density at radius 3 is 2.54 bits per heavy atom. The third kappa shape index (κ3) is 3.93. The monoisotopic (exact) mass is 357 g/mol. The van der Waals surface area contributed by atoms with E-state index in [0.717, 1.165) is 5.56 Å². The zero-order valence-electron chi connectivity index (χ0n) is 15.4. The number of aromatic nitrogens is 1. The maximum Gasteiger partial charge on any atom is 0.339 e. The maximum absolute atomic E-state index is 12.5. The summed E-state index contributed by atoms with van der Waals surface area (Å²) in [6.07, 6.45) is 0.576. The summed E-state index contributed by atoms with van der Waals surface area (Å²) in [5.41, 5.74) is 3.29. The van der Waals surface area contributed by atoms with Gasteiger partial charge in [0.25, 0.3) is 11.8 Å². The SMILES string of the molecule is CCc1[nH]c(C(=O)NCc2cccc(C(=O)NC)c2)c(C)c1C(=O)OC. The van der Waals surface area contributed by atoms with E-state index in [0.29, 0.717) is 34.5 Å². The smallest absolute Gasteiger partial charge is 0.339 e. The number of esters is 1. The number of nitrogens with one attached hydrogen (secondary N) is 3. The summed E-state index contributed by atoms with van der Waals surface area (Å²) >= 11 is 0. The molecule has 0 spiro atoms. The lowest BCUT2D eigenvalue weighted by Gasteiger charge is -2.07. The van der Waals surface area contributed by atoms with Crippen molar-refractivity contribution >= 4 is 17.8 Å². The fourth-order valence-electron chi connectivity index (χ4n) is 2.77. The lowest BCUT2D eigenvalue weighted by molar-refractivity contribution is 0.0598. The standard InChI is InChI=1S/C19H23N3O4/c1-5-14-15(19(25)26-4)11(2)16(22-14)18(24)21-10-12-7-6-8-13(9-12)17(23)20-3/h6-9,22H,5,10H2,1-4H3,(H,20,23)(H,21,24). The van der Waals surface area contributed by atoms with E-state index < -0.39 is 5.97 Å². The van der Waals surface area contributed by atoms with Crippen molar-refractivity contribution in [1.82, 2.24) is 15.6 Å². The molecule has 2 aromatic rings. The minimum Gasteiger partial charge on any atom is -0.465 e. The summed E-state index contributed by atoms with van der Waals surface area (Å²) in [6, 6.07) is 7.01. The third-order valence-corrected chi connectivity index (χ3v) is 4.17. The highest BCUT2D eigenvalue weighted by Crippen LogP contribution is 2.20. The van der Waals surface area contributed by atoms with Gasteiger partial charge in [-0.2, -0.15) is 0 Å². The minimum atomic E-state index is -0.465. The highest BCUT2D eigenvalue weighted by molar-refractivity contribution is 6.00. The van der Waals surface area contributed by atoms with Crippen LogP contribution < -0.4 is 10.6 Å². The number of benzene rings is 1. The van der Waals surface area contributed by atoms with Crippen molar-refractivity contribution in [3.8, 4) is 0 Å². The summed E-state index contributed by atoms with van der Waals surface area (Å²) in [5, 5.41) is 5.37. The quantitative estimate of drug-likeness (QED) is 0.688. The van der Waals surface area contributed by atoms with E-state index in [1.54, 1.807) is 32.2 Å². The Bertz CT molecular complexity index is 839. The Kier molecular flexibility index (Phi) is 6.16. The first-order valence-electron chi connectivity index (χ1n) is 8.31. The first-order valence-corrected chi connectivity index (χ1v) is 8.31. The van der Waals surface area contributed by atoms with Gasteiger partial charge in [-0.15, -0.1) is 0 Å². The molecule has 7 heteroatoms. The van der Waals surface area contributed by atoms with Crippen molar-refractivity contribution < 1.29 is 19.1 Å². The van der Waals surface area contributed by atoms with Crippen LogP contribution in [0.2, 0.25) is 0 Å². The molecule has 26 heavy (non-hydrogen) atoms. The molecule has 0 bridgehead atoms. The average Bonchev–Trinajstić information content (AvgIpc) is 3.01. The van der Waals surface area contributed by atoms with Crippen LogP contribution in [0.5, 0.6) is 0 Å². The molecule has 0 aliphatic heterocycles. The van der Waals surface area contributed by atoms with Gasteiger partial charge in [0.15, 0.2) is 0 Å². The summed E-state index contributed by atoms with van der Waals surface area (Å²) in [4.78, 5) is 39.2. The maximum atomic E-state index is 12.5. The van der Waals surface area contributed by atoms with Gasteiger partial charge < -0.3 is 20.4 Å². The zero-order chi connectivity index (χ0) is 19.3. The number of amides is 2. The van der Waals surface area contributed by atoms with E-state index in [2.05, 4.69) is 15.6 Å². The normalized spacial score (nSPS) is 10.3. The summed E-state index contributed by atoms with van der Waals surface area (Å²) in [6.45, 7) is 3.86. The molecule has 0 aliphatic rings. The van der Waals surface area contributed by atoms with Crippen molar-refractivity contribution in [1.29, 1.82) is 0 Å². The number of rotatable bonds is 6. The van der Waals surface area contributed by atoms with Gasteiger partial charge in [0, 0.05) is 24.8 Å². The predicted molar refractivity (Wildman–Crippen MR) is 97.2 cm³/mol. The van der Waals surface area contributed by atoms with Crippen molar-refractivity contribution in [3.05, 3.63) is 57.9 Å². The molecule has 0 atom stereocenters. The molecule has 2 rings (SSSR count). The number of hydrogen-bond acceptors (Lipinski definition) is 4. The fraction of sp³-hybridized carbons (Fsp3) is 0.316. The number of aromatic amines is 1. The fourth-order valence-corrected chi connectivity index (χ4v) is 2.77. The average molecular weight is 357 g/mol. The second kappa shape index (κ2) is 8.33. The number of carbonyl (C=O) groups is 3. The Morgan fingerprint density at radius 2 is 1.92 bits per heavy atom. The molecule has 0 fully saturated rings. The van der Waals surface area contributed by atoms with Crippen molar-refractivity contribution in [3.63, 3.8) is 0 Å². The lowest BCUT2D eigenvalue weighted by atomic mass is 10.1.